The zero-order valence-corrected chi connectivity index (χ0v) is 16.0. The molecule has 0 unspecified atom stereocenters. The highest BCUT2D eigenvalue weighted by Crippen LogP contribution is 2.29. The highest BCUT2D eigenvalue weighted by molar-refractivity contribution is 5.55. The Balaban J connectivity index is 2.82. The molecule has 0 aliphatic rings. The summed E-state index contributed by atoms with van der Waals surface area (Å²) >= 11 is 0. The monoisotopic (exact) mass is 350 g/mol. The van der Waals surface area contributed by atoms with Gasteiger partial charge in [-0.15, -0.1) is 0 Å². The molecular weight excluding hydrogens is 316 g/mol. The smallest absolute Gasteiger partial charge is 0.128 e. The van der Waals surface area contributed by atoms with Crippen LogP contribution in [0.15, 0.2) is 18.7 Å². The summed E-state index contributed by atoms with van der Waals surface area (Å²) in [5.74, 6) is 0.751. The van der Waals surface area contributed by atoms with Gasteiger partial charge in [-0.05, 0) is 24.1 Å². The highest BCUT2D eigenvalue weighted by Gasteiger charge is 2.14. The summed E-state index contributed by atoms with van der Waals surface area (Å²) in [5, 5.41) is 21.6. The summed E-state index contributed by atoms with van der Waals surface area (Å²) in [4.78, 5) is 0. The predicted octanol–water partition coefficient (Wildman–Crippen LogP) is 4.71. The number of ether oxygens (including phenoxy) is 1. The van der Waals surface area contributed by atoms with Crippen molar-refractivity contribution in [3.63, 3.8) is 0 Å². The quantitative estimate of drug-likeness (QED) is 0.398. The Morgan fingerprint density at radius 3 is 1.96 bits per heavy atom. The van der Waals surface area contributed by atoms with Crippen LogP contribution in [-0.4, -0.2) is 41.2 Å². The van der Waals surface area contributed by atoms with Crippen LogP contribution in [0.5, 0.6) is 5.75 Å². The minimum atomic E-state index is 0.357. The normalized spacial score (nSPS) is 11.3. The maximum atomic E-state index is 9.65. The van der Waals surface area contributed by atoms with E-state index in [1.807, 2.05) is 12.1 Å². The Bertz CT molecular complexity index is 485. The lowest BCUT2D eigenvalue weighted by Gasteiger charge is -2.20. The Morgan fingerprint density at radius 2 is 1.48 bits per heavy atom. The molecule has 1 aromatic carbocycles. The summed E-state index contributed by atoms with van der Waals surface area (Å²) in [6, 6.07) is 3.94. The second-order valence-corrected chi connectivity index (χ2v) is 6.62. The fourth-order valence-corrected chi connectivity index (χ4v) is 2.87. The van der Waals surface area contributed by atoms with E-state index in [1.54, 1.807) is 20.2 Å². The van der Waals surface area contributed by atoms with Gasteiger partial charge in [0.25, 0.3) is 0 Å². The Labute approximate surface area is 152 Å². The molecule has 1 rings (SSSR count). The van der Waals surface area contributed by atoms with Crippen LogP contribution in [-0.2, 0) is 13.1 Å². The van der Waals surface area contributed by atoms with Gasteiger partial charge in [0.2, 0.25) is 0 Å². The molecule has 0 bridgehead atoms. The van der Waals surface area contributed by atoms with Gasteiger partial charge in [-0.3, -0.25) is 0 Å². The van der Waals surface area contributed by atoms with Gasteiger partial charge in [-0.2, -0.15) is 10.1 Å². The van der Waals surface area contributed by atoms with Crippen molar-refractivity contribution in [3.05, 3.63) is 35.4 Å². The van der Waals surface area contributed by atoms with Crippen LogP contribution in [0.1, 0.15) is 62.1 Å². The third-order valence-electron chi connectivity index (χ3n) is 4.04. The molecule has 0 radical (unpaired) electrons. The van der Waals surface area contributed by atoms with E-state index in [4.69, 9.17) is 4.74 Å². The minimum absolute atomic E-state index is 0.357. The number of rotatable bonds is 13. The standard InChI is InChI=1S/C20H34N2O3/c1-5-7-8-9-10-11-12-25-20-18(15-21(3)23)13-17(6-2)14-19(20)16-22(4)24/h6,13-14,23-24H,2,5,7-12,15-16H2,1,3-4H3. The Kier molecular flexibility index (Phi) is 10.4. The van der Waals surface area contributed by atoms with Crippen LogP contribution in [0.4, 0.5) is 0 Å². The first-order valence-electron chi connectivity index (χ1n) is 9.19. The lowest BCUT2D eigenvalue weighted by molar-refractivity contribution is -0.0754. The molecule has 0 fully saturated rings. The number of unbranched alkanes of at least 4 members (excludes halogenated alkanes) is 5. The van der Waals surface area contributed by atoms with E-state index in [0.29, 0.717) is 19.7 Å². The van der Waals surface area contributed by atoms with E-state index >= 15 is 0 Å². The first-order valence-corrected chi connectivity index (χ1v) is 9.19. The van der Waals surface area contributed by atoms with Crippen molar-refractivity contribution < 1.29 is 15.2 Å². The van der Waals surface area contributed by atoms with E-state index < -0.39 is 0 Å². The Hall–Kier alpha value is -1.40. The lowest BCUT2D eigenvalue weighted by Crippen LogP contribution is -2.17. The van der Waals surface area contributed by atoms with E-state index in [1.165, 1.54) is 25.7 Å². The molecule has 0 saturated carbocycles. The predicted molar refractivity (Wildman–Crippen MR) is 102 cm³/mol. The summed E-state index contributed by atoms with van der Waals surface area (Å²) < 4.78 is 6.07. The molecule has 0 aliphatic carbocycles. The van der Waals surface area contributed by atoms with E-state index in [2.05, 4.69) is 13.5 Å². The van der Waals surface area contributed by atoms with Crippen molar-refractivity contribution in [2.45, 2.75) is 58.5 Å². The average Bonchev–Trinajstić information content (AvgIpc) is 2.54. The molecule has 25 heavy (non-hydrogen) atoms. The SMILES string of the molecule is C=Cc1cc(CN(C)O)c(OCCCCCCCC)c(CN(C)O)c1. The van der Waals surface area contributed by atoms with Crippen molar-refractivity contribution >= 4 is 6.08 Å². The fourth-order valence-electron chi connectivity index (χ4n) is 2.87. The van der Waals surface area contributed by atoms with Crippen LogP contribution in [0.25, 0.3) is 6.08 Å². The van der Waals surface area contributed by atoms with Gasteiger partial charge in [0.1, 0.15) is 5.75 Å². The van der Waals surface area contributed by atoms with Crippen LogP contribution < -0.4 is 4.74 Å². The van der Waals surface area contributed by atoms with Gasteiger partial charge in [0.05, 0.1) is 19.7 Å². The third-order valence-corrected chi connectivity index (χ3v) is 4.04. The van der Waals surface area contributed by atoms with E-state index in [-0.39, 0.29) is 0 Å². The number of hydrogen-bond donors (Lipinski definition) is 2. The van der Waals surface area contributed by atoms with Crippen LogP contribution in [0.3, 0.4) is 0 Å². The number of benzene rings is 1. The third kappa shape index (κ3) is 8.50. The van der Waals surface area contributed by atoms with Crippen molar-refractivity contribution in [2.24, 2.45) is 0 Å². The number of nitrogens with zero attached hydrogens (tertiary/aromatic N) is 2. The zero-order chi connectivity index (χ0) is 18.7. The summed E-state index contributed by atoms with van der Waals surface area (Å²) in [5.41, 5.74) is 2.73. The van der Waals surface area contributed by atoms with Crippen LogP contribution in [0, 0.1) is 0 Å². The first-order chi connectivity index (χ1) is 12.0. The molecular formula is C20H34N2O3. The molecule has 2 N–H and O–H groups in total. The van der Waals surface area contributed by atoms with Gasteiger partial charge < -0.3 is 15.2 Å². The van der Waals surface area contributed by atoms with Crippen molar-refractivity contribution in [1.82, 2.24) is 10.1 Å². The van der Waals surface area contributed by atoms with Crippen LogP contribution in [0.2, 0.25) is 0 Å². The number of hydrogen-bond acceptors (Lipinski definition) is 5. The molecule has 5 nitrogen and oxygen atoms in total. The van der Waals surface area contributed by atoms with Crippen molar-refractivity contribution in [3.8, 4) is 5.75 Å². The highest BCUT2D eigenvalue weighted by atomic mass is 16.5. The summed E-state index contributed by atoms with van der Waals surface area (Å²) in [6.45, 7) is 7.39. The Morgan fingerprint density at radius 1 is 0.960 bits per heavy atom. The van der Waals surface area contributed by atoms with Gasteiger partial charge in [0.15, 0.2) is 0 Å². The maximum Gasteiger partial charge on any atom is 0.128 e. The fraction of sp³-hybridized carbons (Fsp3) is 0.600. The molecule has 0 saturated heterocycles. The van der Waals surface area contributed by atoms with Crippen molar-refractivity contribution in [1.29, 1.82) is 0 Å². The van der Waals surface area contributed by atoms with Gasteiger partial charge >= 0.3 is 0 Å². The zero-order valence-electron chi connectivity index (χ0n) is 16.0. The molecule has 0 spiro atoms. The molecule has 1 aromatic rings. The van der Waals surface area contributed by atoms with Gasteiger partial charge in [-0.1, -0.05) is 51.7 Å². The molecule has 5 heteroatoms. The maximum absolute atomic E-state index is 9.65. The molecule has 0 aromatic heterocycles. The molecule has 0 amide bonds. The second-order valence-electron chi connectivity index (χ2n) is 6.62. The summed E-state index contributed by atoms with van der Waals surface area (Å²) in [6.07, 6.45) is 9.01. The largest absolute Gasteiger partial charge is 0.493 e. The minimum Gasteiger partial charge on any atom is -0.493 e. The molecule has 0 heterocycles. The van der Waals surface area contributed by atoms with E-state index in [9.17, 15) is 10.4 Å². The lowest BCUT2D eigenvalue weighted by atomic mass is 10.0. The van der Waals surface area contributed by atoms with Crippen molar-refractivity contribution in [2.75, 3.05) is 20.7 Å². The van der Waals surface area contributed by atoms with Crippen LogP contribution >= 0.6 is 0 Å². The number of hydroxylamine groups is 4. The van der Waals surface area contributed by atoms with Gasteiger partial charge in [0, 0.05) is 25.2 Å². The topological polar surface area (TPSA) is 56.2 Å². The molecule has 142 valence electrons. The second kappa shape index (κ2) is 12.0. The van der Waals surface area contributed by atoms with E-state index in [0.717, 1.165) is 45.4 Å². The molecule has 0 aliphatic heterocycles. The summed E-state index contributed by atoms with van der Waals surface area (Å²) in [7, 11) is 3.21. The molecule has 0 atom stereocenters. The first kappa shape index (κ1) is 21.6. The average molecular weight is 351 g/mol. The van der Waals surface area contributed by atoms with Gasteiger partial charge in [-0.25, -0.2) is 0 Å².